The van der Waals surface area contributed by atoms with Crippen LogP contribution in [0.3, 0.4) is 0 Å². The molecule has 3 nitrogen and oxygen atoms in total. The summed E-state index contributed by atoms with van der Waals surface area (Å²) < 4.78 is 26.1. The monoisotopic (exact) mass is 298 g/mol. The molecule has 2 N–H and O–H groups in total. The Hall–Kier alpha value is -1.49. The van der Waals surface area contributed by atoms with Crippen molar-refractivity contribution in [3.05, 3.63) is 35.4 Å². The molecule has 5 heteroatoms. The third-order valence-electron chi connectivity index (χ3n) is 3.36. The Morgan fingerprint density at radius 3 is 2.48 bits per heavy atom. The summed E-state index contributed by atoms with van der Waals surface area (Å²) in [5.41, 5.74) is 6.02. The predicted molar refractivity (Wildman–Crippen MR) is 79.8 cm³/mol. The van der Waals surface area contributed by atoms with E-state index >= 15 is 0 Å². The first-order valence-electron chi connectivity index (χ1n) is 7.21. The molecule has 0 aliphatic rings. The highest BCUT2D eigenvalue weighted by atomic mass is 19.2. The van der Waals surface area contributed by atoms with Crippen molar-refractivity contribution in [1.29, 1.82) is 0 Å². The van der Waals surface area contributed by atoms with Gasteiger partial charge in [-0.1, -0.05) is 26.8 Å². The van der Waals surface area contributed by atoms with Gasteiger partial charge in [0.1, 0.15) is 0 Å². The molecule has 1 aromatic rings. The van der Waals surface area contributed by atoms with E-state index in [4.69, 9.17) is 5.73 Å². The van der Waals surface area contributed by atoms with E-state index in [1.54, 1.807) is 4.90 Å². The Labute approximate surface area is 125 Å². The number of halogens is 2. The van der Waals surface area contributed by atoms with Gasteiger partial charge in [0.2, 0.25) is 5.91 Å². The highest BCUT2D eigenvalue weighted by Crippen LogP contribution is 2.17. The van der Waals surface area contributed by atoms with Crippen LogP contribution in [0, 0.1) is 17.0 Å². The molecule has 0 aromatic heterocycles. The van der Waals surface area contributed by atoms with Crippen molar-refractivity contribution >= 4 is 5.91 Å². The van der Waals surface area contributed by atoms with Gasteiger partial charge < -0.3 is 10.6 Å². The van der Waals surface area contributed by atoms with E-state index in [0.717, 1.165) is 18.6 Å². The van der Waals surface area contributed by atoms with Gasteiger partial charge in [-0.3, -0.25) is 4.79 Å². The lowest BCUT2D eigenvalue weighted by Gasteiger charge is -2.32. The molecular weight excluding hydrogens is 274 g/mol. The first-order valence-corrected chi connectivity index (χ1v) is 7.21. The molecular formula is C16H24F2N2O. The van der Waals surface area contributed by atoms with Crippen molar-refractivity contribution in [1.82, 2.24) is 4.90 Å². The number of hydrogen-bond acceptors (Lipinski definition) is 2. The van der Waals surface area contributed by atoms with Crippen molar-refractivity contribution in [2.45, 2.75) is 33.6 Å². The molecule has 1 amide bonds. The summed E-state index contributed by atoms with van der Waals surface area (Å²) in [5, 5.41) is 0. The molecule has 0 saturated carbocycles. The van der Waals surface area contributed by atoms with Crippen LogP contribution in [0.2, 0.25) is 0 Å². The first-order chi connectivity index (χ1) is 9.79. The standard InChI is InChI=1S/C16H24F2N2O/c1-4-7-20(11-16(2,3)10-19)15(21)9-12-5-6-13(17)14(18)8-12/h5-6,8H,4,7,9-11,19H2,1-3H3. The normalized spacial score (nSPS) is 11.5. The highest BCUT2D eigenvalue weighted by molar-refractivity contribution is 5.78. The number of carbonyl (C=O) groups is 1. The van der Waals surface area contributed by atoms with Crippen molar-refractivity contribution in [3.63, 3.8) is 0 Å². The summed E-state index contributed by atoms with van der Waals surface area (Å²) in [6.45, 7) is 7.66. The third kappa shape index (κ3) is 5.42. The number of benzene rings is 1. The van der Waals surface area contributed by atoms with Crippen LogP contribution in [0.25, 0.3) is 0 Å². The Balaban J connectivity index is 2.78. The summed E-state index contributed by atoms with van der Waals surface area (Å²) >= 11 is 0. The maximum Gasteiger partial charge on any atom is 0.227 e. The van der Waals surface area contributed by atoms with Gasteiger partial charge in [-0.25, -0.2) is 8.78 Å². The van der Waals surface area contributed by atoms with Crippen LogP contribution in [0.5, 0.6) is 0 Å². The summed E-state index contributed by atoms with van der Waals surface area (Å²) in [5.74, 6) is -1.92. The minimum atomic E-state index is -0.926. The molecule has 21 heavy (non-hydrogen) atoms. The molecule has 0 aliphatic heterocycles. The van der Waals surface area contributed by atoms with Crippen molar-refractivity contribution in [3.8, 4) is 0 Å². The molecule has 1 aromatic carbocycles. The zero-order valence-electron chi connectivity index (χ0n) is 13.0. The number of amides is 1. The van der Waals surface area contributed by atoms with Crippen LogP contribution in [-0.2, 0) is 11.2 Å². The van der Waals surface area contributed by atoms with Gasteiger partial charge in [-0.15, -0.1) is 0 Å². The number of hydrogen-bond donors (Lipinski definition) is 1. The summed E-state index contributed by atoms with van der Waals surface area (Å²) in [6.07, 6.45) is 0.905. The molecule has 0 bridgehead atoms. The molecule has 0 radical (unpaired) electrons. The van der Waals surface area contributed by atoms with E-state index in [2.05, 4.69) is 0 Å². The zero-order chi connectivity index (χ0) is 16.0. The molecule has 118 valence electrons. The maximum absolute atomic E-state index is 13.2. The molecule has 0 heterocycles. The fourth-order valence-corrected chi connectivity index (χ4v) is 2.08. The van der Waals surface area contributed by atoms with E-state index in [1.165, 1.54) is 6.07 Å². The lowest BCUT2D eigenvalue weighted by Crippen LogP contribution is -2.43. The number of carbonyl (C=O) groups excluding carboxylic acids is 1. The van der Waals surface area contributed by atoms with Crippen molar-refractivity contribution in [2.75, 3.05) is 19.6 Å². The van der Waals surface area contributed by atoms with E-state index in [0.29, 0.717) is 25.2 Å². The fraction of sp³-hybridized carbons (Fsp3) is 0.562. The average Bonchev–Trinajstić information content (AvgIpc) is 2.42. The molecule has 1 rings (SSSR count). The van der Waals surface area contributed by atoms with E-state index < -0.39 is 11.6 Å². The molecule has 0 unspecified atom stereocenters. The molecule has 0 aliphatic carbocycles. The van der Waals surface area contributed by atoms with Crippen LogP contribution < -0.4 is 5.73 Å². The fourth-order valence-electron chi connectivity index (χ4n) is 2.08. The Morgan fingerprint density at radius 1 is 1.29 bits per heavy atom. The van der Waals surface area contributed by atoms with Crippen LogP contribution in [0.1, 0.15) is 32.8 Å². The number of nitrogens with zero attached hydrogens (tertiary/aromatic N) is 1. The number of nitrogens with two attached hydrogens (primary N) is 1. The Kier molecular flexibility index (Phi) is 6.27. The molecule has 0 spiro atoms. The maximum atomic E-state index is 13.2. The van der Waals surface area contributed by atoms with Gasteiger partial charge in [0, 0.05) is 13.1 Å². The lowest BCUT2D eigenvalue weighted by molar-refractivity contribution is -0.131. The molecule has 0 fully saturated rings. The topological polar surface area (TPSA) is 46.3 Å². The smallest absolute Gasteiger partial charge is 0.227 e. The Bertz CT molecular complexity index is 489. The summed E-state index contributed by atoms with van der Waals surface area (Å²) in [4.78, 5) is 14.1. The van der Waals surface area contributed by atoms with Gasteiger partial charge in [0.15, 0.2) is 11.6 Å². The van der Waals surface area contributed by atoms with Gasteiger partial charge in [-0.05, 0) is 36.1 Å². The lowest BCUT2D eigenvalue weighted by atomic mass is 9.92. The predicted octanol–water partition coefficient (Wildman–Crippen LogP) is 2.73. The molecule has 0 atom stereocenters. The second-order valence-electron chi connectivity index (χ2n) is 6.11. The second kappa shape index (κ2) is 7.50. The minimum absolute atomic E-state index is 0.0673. The SMILES string of the molecule is CCCN(CC(C)(C)CN)C(=O)Cc1ccc(F)c(F)c1. The minimum Gasteiger partial charge on any atom is -0.342 e. The highest BCUT2D eigenvalue weighted by Gasteiger charge is 2.23. The quantitative estimate of drug-likeness (QED) is 0.841. The van der Waals surface area contributed by atoms with Crippen LogP contribution >= 0.6 is 0 Å². The average molecular weight is 298 g/mol. The Morgan fingerprint density at radius 2 is 1.95 bits per heavy atom. The van der Waals surface area contributed by atoms with E-state index in [-0.39, 0.29) is 17.7 Å². The van der Waals surface area contributed by atoms with Crippen molar-refractivity contribution < 1.29 is 13.6 Å². The summed E-state index contributed by atoms with van der Waals surface area (Å²) in [6, 6.07) is 3.56. The van der Waals surface area contributed by atoms with Gasteiger partial charge in [0.25, 0.3) is 0 Å². The van der Waals surface area contributed by atoms with Crippen LogP contribution in [0.4, 0.5) is 8.78 Å². The van der Waals surface area contributed by atoms with Gasteiger partial charge >= 0.3 is 0 Å². The first kappa shape index (κ1) is 17.6. The van der Waals surface area contributed by atoms with E-state index in [9.17, 15) is 13.6 Å². The van der Waals surface area contributed by atoms with E-state index in [1.807, 2.05) is 20.8 Å². The van der Waals surface area contributed by atoms with Gasteiger partial charge in [-0.2, -0.15) is 0 Å². The zero-order valence-corrected chi connectivity index (χ0v) is 13.0. The third-order valence-corrected chi connectivity index (χ3v) is 3.36. The molecule has 0 saturated heterocycles. The second-order valence-corrected chi connectivity index (χ2v) is 6.11. The largest absolute Gasteiger partial charge is 0.342 e. The number of rotatable bonds is 7. The van der Waals surface area contributed by atoms with Gasteiger partial charge in [0.05, 0.1) is 6.42 Å². The van der Waals surface area contributed by atoms with Crippen LogP contribution in [0.15, 0.2) is 18.2 Å². The summed E-state index contributed by atoms with van der Waals surface area (Å²) in [7, 11) is 0. The van der Waals surface area contributed by atoms with Crippen LogP contribution in [-0.4, -0.2) is 30.4 Å². The van der Waals surface area contributed by atoms with Crippen molar-refractivity contribution in [2.24, 2.45) is 11.1 Å².